The van der Waals surface area contributed by atoms with Gasteiger partial charge in [-0.05, 0) is 22.6 Å². The predicted molar refractivity (Wildman–Crippen MR) is 74.6 cm³/mol. The molecule has 0 unspecified atom stereocenters. The number of aromatic nitrogens is 4. The van der Waals surface area contributed by atoms with E-state index < -0.39 is 0 Å². The van der Waals surface area contributed by atoms with Gasteiger partial charge in [0.05, 0.1) is 21.5 Å². The minimum absolute atomic E-state index is 0.178. The number of tetrazole rings is 1. The summed E-state index contributed by atoms with van der Waals surface area (Å²) in [5.74, 6) is -0.0333. The van der Waals surface area contributed by atoms with Crippen LogP contribution in [0.25, 0.3) is 0 Å². The summed E-state index contributed by atoms with van der Waals surface area (Å²) in [6.45, 7) is 0. The highest BCUT2D eigenvalue weighted by Crippen LogP contribution is 2.29. The maximum atomic E-state index is 11.8. The van der Waals surface area contributed by atoms with Crippen molar-refractivity contribution >= 4 is 46.6 Å². The van der Waals surface area contributed by atoms with Crippen LogP contribution in [0.4, 0.5) is 5.69 Å². The molecule has 1 N–H and O–H groups in total. The zero-order valence-corrected chi connectivity index (χ0v) is 12.1. The third-order valence-corrected chi connectivity index (χ3v) is 3.97. The number of anilines is 1. The van der Waals surface area contributed by atoms with Crippen molar-refractivity contribution in [3.05, 3.63) is 28.2 Å². The zero-order chi connectivity index (χ0) is 13.8. The van der Waals surface area contributed by atoms with Gasteiger partial charge in [0.15, 0.2) is 0 Å². The lowest BCUT2D eigenvalue weighted by atomic mass is 10.3. The van der Waals surface area contributed by atoms with Gasteiger partial charge in [0.2, 0.25) is 11.1 Å². The summed E-state index contributed by atoms with van der Waals surface area (Å²) in [7, 11) is 1.70. The summed E-state index contributed by atoms with van der Waals surface area (Å²) >= 11 is 13.1. The lowest BCUT2D eigenvalue weighted by Crippen LogP contribution is -2.14. The molecule has 1 heterocycles. The van der Waals surface area contributed by atoms with Crippen LogP contribution in [0.2, 0.25) is 10.0 Å². The summed E-state index contributed by atoms with van der Waals surface area (Å²) in [6.07, 6.45) is 0. The molecule has 2 aromatic rings. The minimum atomic E-state index is -0.211. The molecule has 0 saturated carbocycles. The number of carbonyl (C=O) groups is 1. The molecule has 2 rings (SSSR count). The first kappa shape index (κ1) is 14.1. The Morgan fingerprint density at radius 3 is 2.95 bits per heavy atom. The quantitative estimate of drug-likeness (QED) is 0.875. The summed E-state index contributed by atoms with van der Waals surface area (Å²) in [4.78, 5) is 11.8. The lowest BCUT2D eigenvalue weighted by Gasteiger charge is -2.07. The number of benzene rings is 1. The van der Waals surface area contributed by atoms with E-state index in [9.17, 15) is 4.79 Å². The average molecular weight is 318 g/mol. The van der Waals surface area contributed by atoms with Gasteiger partial charge in [-0.2, -0.15) is 0 Å². The van der Waals surface area contributed by atoms with Crippen molar-refractivity contribution in [1.29, 1.82) is 0 Å². The first-order valence-electron chi connectivity index (χ1n) is 5.17. The van der Waals surface area contributed by atoms with Gasteiger partial charge in [-0.25, -0.2) is 4.68 Å². The molecule has 0 fully saturated rings. The van der Waals surface area contributed by atoms with Crippen LogP contribution in [0.3, 0.4) is 0 Å². The molecule has 1 amide bonds. The molecule has 0 atom stereocenters. The molecule has 9 heteroatoms. The molecular formula is C10H9Cl2N5OS. The summed E-state index contributed by atoms with van der Waals surface area (Å²) in [5, 5.41) is 14.9. The Bertz CT molecular complexity index is 603. The van der Waals surface area contributed by atoms with Crippen molar-refractivity contribution in [2.45, 2.75) is 5.16 Å². The molecule has 1 aromatic heterocycles. The Morgan fingerprint density at radius 1 is 1.47 bits per heavy atom. The van der Waals surface area contributed by atoms with Crippen molar-refractivity contribution in [2.24, 2.45) is 7.05 Å². The van der Waals surface area contributed by atoms with Gasteiger partial charge in [-0.1, -0.05) is 41.0 Å². The van der Waals surface area contributed by atoms with Gasteiger partial charge in [0.1, 0.15) is 0 Å². The number of aryl methyl sites for hydroxylation is 1. The van der Waals surface area contributed by atoms with Crippen LogP contribution in [0.5, 0.6) is 0 Å². The van der Waals surface area contributed by atoms with E-state index in [4.69, 9.17) is 23.2 Å². The minimum Gasteiger partial charge on any atom is -0.324 e. The van der Waals surface area contributed by atoms with Gasteiger partial charge in [0.25, 0.3) is 0 Å². The molecule has 0 aliphatic rings. The highest BCUT2D eigenvalue weighted by molar-refractivity contribution is 7.99. The van der Waals surface area contributed by atoms with Crippen LogP contribution in [-0.2, 0) is 11.8 Å². The number of amides is 1. The molecular weight excluding hydrogens is 309 g/mol. The fourth-order valence-electron chi connectivity index (χ4n) is 1.26. The Morgan fingerprint density at radius 2 is 2.26 bits per heavy atom. The second kappa shape index (κ2) is 6.23. The molecule has 0 saturated heterocycles. The van der Waals surface area contributed by atoms with Crippen LogP contribution in [0, 0.1) is 0 Å². The fraction of sp³-hybridized carbons (Fsp3) is 0.200. The van der Waals surface area contributed by atoms with Crippen molar-refractivity contribution in [1.82, 2.24) is 20.2 Å². The standard InChI is InChI=1S/C10H9Cl2N5OS/c1-17-10(14-15-16-17)19-5-8(18)13-7-4-2-3-6(11)9(7)12/h2-4H,5H2,1H3,(H,13,18). The smallest absolute Gasteiger partial charge is 0.234 e. The number of hydrogen-bond donors (Lipinski definition) is 1. The third-order valence-electron chi connectivity index (χ3n) is 2.14. The van der Waals surface area contributed by atoms with E-state index >= 15 is 0 Å². The molecule has 100 valence electrons. The van der Waals surface area contributed by atoms with E-state index in [0.29, 0.717) is 20.9 Å². The molecule has 0 radical (unpaired) electrons. The second-order valence-electron chi connectivity index (χ2n) is 3.52. The van der Waals surface area contributed by atoms with Crippen LogP contribution in [0.15, 0.2) is 23.4 Å². The number of thioether (sulfide) groups is 1. The normalized spacial score (nSPS) is 10.5. The van der Waals surface area contributed by atoms with Crippen molar-refractivity contribution in [3.8, 4) is 0 Å². The largest absolute Gasteiger partial charge is 0.324 e. The molecule has 0 aliphatic carbocycles. The van der Waals surface area contributed by atoms with E-state index in [1.165, 1.54) is 16.4 Å². The number of halogens is 2. The number of carbonyl (C=O) groups excluding carboxylic acids is 1. The van der Waals surface area contributed by atoms with Gasteiger partial charge in [-0.15, -0.1) is 5.10 Å². The van der Waals surface area contributed by atoms with Crippen molar-refractivity contribution in [2.75, 3.05) is 11.1 Å². The van der Waals surface area contributed by atoms with E-state index in [-0.39, 0.29) is 11.7 Å². The van der Waals surface area contributed by atoms with E-state index in [1.807, 2.05) is 0 Å². The van der Waals surface area contributed by atoms with Crippen LogP contribution in [0.1, 0.15) is 0 Å². The SMILES string of the molecule is Cn1nnnc1SCC(=O)Nc1cccc(Cl)c1Cl. The topological polar surface area (TPSA) is 72.7 Å². The molecule has 0 bridgehead atoms. The average Bonchev–Trinajstić information content (AvgIpc) is 2.78. The highest BCUT2D eigenvalue weighted by Gasteiger charge is 2.10. The van der Waals surface area contributed by atoms with Gasteiger partial charge in [-0.3, -0.25) is 4.79 Å². The van der Waals surface area contributed by atoms with Crippen LogP contribution < -0.4 is 5.32 Å². The van der Waals surface area contributed by atoms with Gasteiger partial charge < -0.3 is 5.32 Å². The number of nitrogens with one attached hydrogen (secondary N) is 1. The molecule has 0 spiro atoms. The first-order chi connectivity index (χ1) is 9.08. The highest BCUT2D eigenvalue weighted by atomic mass is 35.5. The first-order valence-corrected chi connectivity index (χ1v) is 6.91. The zero-order valence-electron chi connectivity index (χ0n) is 9.80. The summed E-state index contributed by atoms with van der Waals surface area (Å²) < 4.78 is 1.49. The van der Waals surface area contributed by atoms with Crippen LogP contribution >= 0.6 is 35.0 Å². The maximum absolute atomic E-state index is 11.8. The maximum Gasteiger partial charge on any atom is 0.234 e. The van der Waals surface area contributed by atoms with Crippen molar-refractivity contribution in [3.63, 3.8) is 0 Å². The van der Waals surface area contributed by atoms with Gasteiger partial charge >= 0.3 is 0 Å². The Hall–Kier alpha value is -1.31. The summed E-state index contributed by atoms with van der Waals surface area (Å²) in [5.41, 5.74) is 0.482. The second-order valence-corrected chi connectivity index (χ2v) is 5.25. The number of rotatable bonds is 4. The molecule has 19 heavy (non-hydrogen) atoms. The Kier molecular flexibility index (Phi) is 4.62. The van der Waals surface area contributed by atoms with Crippen molar-refractivity contribution < 1.29 is 4.79 Å². The lowest BCUT2D eigenvalue weighted by molar-refractivity contribution is -0.113. The summed E-state index contributed by atoms with van der Waals surface area (Å²) in [6, 6.07) is 5.05. The number of hydrogen-bond acceptors (Lipinski definition) is 5. The fourth-order valence-corrected chi connectivity index (χ4v) is 2.26. The van der Waals surface area contributed by atoms with Crippen LogP contribution in [-0.4, -0.2) is 31.9 Å². The monoisotopic (exact) mass is 317 g/mol. The van der Waals surface area contributed by atoms with E-state index in [1.54, 1.807) is 25.2 Å². The number of nitrogens with zero attached hydrogens (tertiary/aromatic N) is 4. The van der Waals surface area contributed by atoms with E-state index in [0.717, 1.165) is 0 Å². The Labute approximate surface area is 123 Å². The molecule has 1 aromatic carbocycles. The van der Waals surface area contributed by atoms with E-state index in [2.05, 4.69) is 20.8 Å². The Balaban J connectivity index is 1.95. The third kappa shape index (κ3) is 3.59. The molecule has 0 aliphatic heterocycles. The predicted octanol–water partition coefficient (Wildman–Crippen LogP) is 2.25. The van der Waals surface area contributed by atoms with Gasteiger partial charge in [0, 0.05) is 7.05 Å². The molecule has 6 nitrogen and oxygen atoms in total.